The van der Waals surface area contributed by atoms with Crippen molar-refractivity contribution in [2.45, 2.75) is 0 Å². The van der Waals surface area contributed by atoms with E-state index in [0.29, 0.717) is 0 Å². The van der Waals surface area contributed by atoms with Crippen LogP contribution in [0.25, 0.3) is 77.2 Å². The standard InChI is InChI=1S/C56H39N/c1-3-14-40(15-4-1)41-26-28-42(29-27-41)43-30-34-49(35-31-43)57(56-25-12-11-22-52(56)45-16-5-2-6-17-45)50-36-32-44(33-37-50)46-19-13-20-47(38-46)55-39-48-18-7-8-21-51(48)53-23-9-10-24-54(53)55/h1-39H. The van der Waals surface area contributed by atoms with Crippen molar-refractivity contribution in [1.29, 1.82) is 0 Å². The predicted molar refractivity (Wildman–Crippen MR) is 243 cm³/mol. The van der Waals surface area contributed by atoms with Gasteiger partial charge in [-0.15, -0.1) is 0 Å². The lowest BCUT2D eigenvalue weighted by Gasteiger charge is -2.28. The lowest BCUT2D eigenvalue weighted by molar-refractivity contribution is 1.28. The molecular weight excluding hydrogens is 687 g/mol. The molecule has 0 radical (unpaired) electrons. The second-order valence-electron chi connectivity index (χ2n) is 14.5. The van der Waals surface area contributed by atoms with Crippen molar-refractivity contribution in [3.8, 4) is 55.6 Å². The van der Waals surface area contributed by atoms with E-state index >= 15 is 0 Å². The maximum Gasteiger partial charge on any atom is 0.0540 e. The van der Waals surface area contributed by atoms with Gasteiger partial charge in [-0.3, -0.25) is 0 Å². The summed E-state index contributed by atoms with van der Waals surface area (Å²) in [6, 6.07) is 85.5. The molecule has 10 rings (SSSR count). The molecule has 0 N–H and O–H groups in total. The monoisotopic (exact) mass is 725 g/mol. The highest BCUT2D eigenvalue weighted by atomic mass is 15.1. The Labute approximate surface area is 334 Å². The van der Waals surface area contributed by atoms with Crippen LogP contribution in [0.5, 0.6) is 0 Å². The van der Waals surface area contributed by atoms with Gasteiger partial charge in [0.05, 0.1) is 5.69 Å². The highest BCUT2D eigenvalue weighted by molar-refractivity contribution is 6.13. The Bertz CT molecular complexity index is 2970. The molecule has 0 aliphatic rings. The quantitative estimate of drug-likeness (QED) is 0.141. The van der Waals surface area contributed by atoms with Crippen molar-refractivity contribution in [1.82, 2.24) is 0 Å². The molecule has 10 aromatic rings. The third-order valence-electron chi connectivity index (χ3n) is 11.1. The van der Waals surface area contributed by atoms with Crippen molar-refractivity contribution < 1.29 is 0 Å². The average Bonchev–Trinajstić information content (AvgIpc) is 3.30. The van der Waals surface area contributed by atoms with Gasteiger partial charge in [0, 0.05) is 16.9 Å². The highest BCUT2D eigenvalue weighted by Gasteiger charge is 2.18. The second-order valence-corrected chi connectivity index (χ2v) is 14.5. The van der Waals surface area contributed by atoms with E-state index in [-0.39, 0.29) is 0 Å². The van der Waals surface area contributed by atoms with E-state index in [4.69, 9.17) is 0 Å². The van der Waals surface area contributed by atoms with Gasteiger partial charge in [-0.05, 0) is 114 Å². The van der Waals surface area contributed by atoms with E-state index < -0.39 is 0 Å². The SMILES string of the molecule is c1ccc(-c2ccc(-c3ccc(N(c4ccc(-c5cccc(-c6cc7ccccc7c7ccccc67)c5)cc4)c4ccccc4-c4ccccc4)cc3)cc2)cc1. The van der Waals surface area contributed by atoms with E-state index in [1.807, 2.05) is 0 Å². The smallest absolute Gasteiger partial charge is 0.0540 e. The molecule has 1 nitrogen and oxygen atoms in total. The molecule has 0 heterocycles. The van der Waals surface area contributed by atoms with Gasteiger partial charge in [-0.1, -0.05) is 194 Å². The highest BCUT2D eigenvalue weighted by Crippen LogP contribution is 2.42. The number of benzene rings is 10. The molecule has 0 atom stereocenters. The molecule has 0 saturated carbocycles. The Balaban J connectivity index is 1.02. The minimum atomic E-state index is 1.10. The van der Waals surface area contributed by atoms with Crippen LogP contribution in [-0.4, -0.2) is 0 Å². The summed E-state index contributed by atoms with van der Waals surface area (Å²) in [5.41, 5.74) is 15.3. The number of fused-ring (bicyclic) bond motifs is 3. The van der Waals surface area contributed by atoms with Crippen LogP contribution < -0.4 is 4.90 Å². The number of anilines is 3. The summed E-state index contributed by atoms with van der Waals surface area (Å²) in [6.45, 7) is 0. The second kappa shape index (κ2) is 15.0. The van der Waals surface area contributed by atoms with E-state index in [0.717, 1.165) is 17.1 Å². The Kier molecular flexibility index (Phi) is 8.95. The number of hydrogen-bond acceptors (Lipinski definition) is 1. The number of nitrogens with zero attached hydrogens (tertiary/aromatic N) is 1. The van der Waals surface area contributed by atoms with Gasteiger partial charge in [0.25, 0.3) is 0 Å². The fraction of sp³-hybridized carbons (Fsp3) is 0. The van der Waals surface area contributed by atoms with Gasteiger partial charge < -0.3 is 4.90 Å². The fourth-order valence-corrected chi connectivity index (χ4v) is 8.21. The maximum absolute atomic E-state index is 2.38. The third kappa shape index (κ3) is 6.66. The first-order chi connectivity index (χ1) is 28.3. The molecule has 10 aromatic carbocycles. The molecule has 57 heavy (non-hydrogen) atoms. The Morgan fingerprint density at radius 1 is 0.228 bits per heavy atom. The molecule has 0 saturated heterocycles. The van der Waals surface area contributed by atoms with Gasteiger partial charge >= 0.3 is 0 Å². The van der Waals surface area contributed by atoms with Gasteiger partial charge in [0.15, 0.2) is 0 Å². The van der Waals surface area contributed by atoms with Gasteiger partial charge in [-0.2, -0.15) is 0 Å². The van der Waals surface area contributed by atoms with Crippen LogP contribution in [0.1, 0.15) is 0 Å². The van der Waals surface area contributed by atoms with Crippen LogP contribution in [0.15, 0.2) is 237 Å². The normalized spacial score (nSPS) is 11.2. The zero-order valence-corrected chi connectivity index (χ0v) is 31.5. The summed E-state index contributed by atoms with van der Waals surface area (Å²) >= 11 is 0. The molecule has 1 heteroatoms. The minimum Gasteiger partial charge on any atom is -0.310 e. The van der Waals surface area contributed by atoms with Crippen LogP contribution >= 0.6 is 0 Å². The van der Waals surface area contributed by atoms with E-state index in [2.05, 4.69) is 241 Å². The van der Waals surface area contributed by atoms with Gasteiger partial charge in [0.2, 0.25) is 0 Å². The number of rotatable bonds is 8. The summed E-state index contributed by atoms with van der Waals surface area (Å²) in [5, 5.41) is 5.09. The largest absolute Gasteiger partial charge is 0.310 e. The van der Waals surface area contributed by atoms with Crippen LogP contribution in [0.4, 0.5) is 17.1 Å². The Hall–Kier alpha value is -7.48. The maximum atomic E-state index is 2.38. The summed E-state index contributed by atoms with van der Waals surface area (Å²) in [5.74, 6) is 0. The minimum absolute atomic E-state index is 1.10. The summed E-state index contributed by atoms with van der Waals surface area (Å²) in [6.07, 6.45) is 0. The van der Waals surface area contributed by atoms with Crippen LogP contribution in [0, 0.1) is 0 Å². The molecule has 0 fully saturated rings. The first kappa shape index (κ1) is 34.0. The average molecular weight is 726 g/mol. The molecule has 0 amide bonds. The molecule has 0 aromatic heterocycles. The molecule has 0 spiro atoms. The first-order valence-corrected chi connectivity index (χ1v) is 19.6. The Morgan fingerprint density at radius 2 is 0.667 bits per heavy atom. The molecular formula is C56H39N. The third-order valence-corrected chi connectivity index (χ3v) is 11.1. The lowest BCUT2D eigenvalue weighted by Crippen LogP contribution is -2.11. The molecule has 0 unspecified atom stereocenters. The summed E-state index contributed by atoms with van der Waals surface area (Å²) < 4.78 is 0. The van der Waals surface area contributed by atoms with E-state index in [9.17, 15) is 0 Å². The molecule has 0 aliphatic carbocycles. The van der Waals surface area contributed by atoms with Crippen molar-refractivity contribution in [2.24, 2.45) is 0 Å². The van der Waals surface area contributed by atoms with Gasteiger partial charge in [0.1, 0.15) is 0 Å². The van der Waals surface area contributed by atoms with Crippen LogP contribution in [0.3, 0.4) is 0 Å². The number of para-hydroxylation sites is 1. The van der Waals surface area contributed by atoms with Gasteiger partial charge in [-0.25, -0.2) is 0 Å². The van der Waals surface area contributed by atoms with E-state index in [1.165, 1.54) is 77.2 Å². The number of hydrogen-bond donors (Lipinski definition) is 0. The van der Waals surface area contributed by atoms with Crippen molar-refractivity contribution >= 4 is 38.6 Å². The summed E-state index contributed by atoms with van der Waals surface area (Å²) in [7, 11) is 0. The molecule has 268 valence electrons. The molecule has 0 aliphatic heterocycles. The van der Waals surface area contributed by atoms with Crippen molar-refractivity contribution in [2.75, 3.05) is 4.90 Å². The first-order valence-electron chi connectivity index (χ1n) is 19.6. The topological polar surface area (TPSA) is 3.24 Å². The predicted octanol–water partition coefficient (Wildman–Crippen LogP) is 15.8. The lowest BCUT2D eigenvalue weighted by atomic mass is 9.92. The summed E-state index contributed by atoms with van der Waals surface area (Å²) in [4.78, 5) is 2.38. The van der Waals surface area contributed by atoms with Crippen LogP contribution in [-0.2, 0) is 0 Å². The van der Waals surface area contributed by atoms with E-state index in [1.54, 1.807) is 0 Å². The van der Waals surface area contributed by atoms with Crippen molar-refractivity contribution in [3.05, 3.63) is 237 Å². The van der Waals surface area contributed by atoms with Crippen molar-refractivity contribution in [3.63, 3.8) is 0 Å². The Morgan fingerprint density at radius 3 is 1.32 bits per heavy atom. The zero-order chi connectivity index (χ0) is 38.0. The molecule has 0 bridgehead atoms. The zero-order valence-electron chi connectivity index (χ0n) is 31.5. The fourth-order valence-electron chi connectivity index (χ4n) is 8.21. The van der Waals surface area contributed by atoms with Crippen LogP contribution in [0.2, 0.25) is 0 Å².